The van der Waals surface area contributed by atoms with E-state index in [9.17, 15) is 9.90 Å². The third kappa shape index (κ3) is 3.99. The SMILES string of the molecule is Cc1cccc(-c2nc(CCC3CCCCC3)c(C(=O)O)s2)c1. The third-order valence-electron chi connectivity index (χ3n) is 4.67. The number of hydrogen-bond donors (Lipinski definition) is 1. The number of aromatic nitrogens is 1. The maximum atomic E-state index is 11.6. The van der Waals surface area contributed by atoms with E-state index in [4.69, 9.17) is 0 Å². The molecule has 23 heavy (non-hydrogen) atoms. The highest BCUT2D eigenvalue weighted by molar-refractivity contribution is 7.17. The summed E-state index contributed by atoms with van der Waals surface area (Å²) >= 11 is 1.31. The van der Waals surface area contributed by atoms with E-state index in [-0.39, 0.29) is 0 Å². The van der Waals surface area contributed by atoms with Crippen LogP contribution >= 0.6 is 11.3 Å². The van der Waals surface area contributed by atoms with Gasteiger partial charge in [-0.2, -0.15) is 0 Å². The second-order valence-electron chi connectivity index (χ2n) is 6.51. The molecule has 122 valence electrons. The smallest absolute Gasteiger partial charge is 0.347 e. The van der Waals surface area contributed by atoms with Crippen molar-refractivity contribution >= 4 is 17.3 Å². The predicted molar refractivity (Wildman–Crippen MR) is 94.1 cm³/mol. The van der Waals surface area contributed by atoms with Crippen molar-refractivity contribution in [3.63, 3.8) is 0 Å². The molecule has 1 aliphatic rings. The van der Waals surface area contributed by atoms with Gasteiger partial charge in [0, 0.05) is 5.56 Å². The van der Waals surface area contributed by atoms with Crippen molar-refractivity contribution < 1.29 is 9.90 Å². The normalized spacial score (nSPS) is 15.7. The molecule has 1 saturated carbocycles. The number of thiazole rings is 1. The van der Waals surface area contributed by atoms with Gasteiger partial charge in [0.15, 0.2) is 0 Å². The first-order valence-corrected chi connectivity index (χ1v) is 9.25. The topological polar surface area (TPSA) is 50.2 Å². The molecule has 0 aliphatic heterocycles. The summed E-state index contributed by atoms with van der Waals surface area (Å²) in [6, 6.07) is 8.10. The van der Waals surface area contributed by atoms with Crippen LogP contribution in [0.2, 0.25) is 0 Å². The van der Waals surface area contributed by atoms with Gasteiger partial charge >= 0.3 is 5.97 Å². The highest BCUT2D eigenvalue weighted by Crippen LogP contribution is 2.32. The van der Waals surface area contributed by atoms with Gasteiger partial charge in [0.1, 0.15) is 9.88 Å². The first-order chi connectivity index (χ1) is 11.1. The summed E-state index contributed by atoms with van der Waals surface area (Å²) in [5, 5.41) is 10.3. The Morgan fingerprint density at radius 2 is 2.09 bits per heavy atom. The summed E-state index contributed by atoms with van der Waals surface area (Å²) in [5.41, 5.74) is 2.95. The Kier molecular flexibility index (Phi) is 5.11. The van der Waals surface area contributed by atoms with Crippen LogP contribution in [0.1, 0.15) is 59.5 Å². The zero-order valence-corrected chi connectivity index (χ0v) is 14.4. The monoisotopic (exact) mass is 329 g/mol. The Morgan fingerprint density at radius 3 is 2.78 bits per heavy atom. The van der Waals surface area contributed by atoms with E-state index in [1.54, 1.807) is 0 Å². The lowest BCUT2D eigenvalue weighted by atomic mass is 9.86. The zero-order valence-electron chi connectivity index (χ0n) is 13.5. The molecule has 1 aromatic carbocycles. The van der Waals surface area contributed by atoms with Gasteiger partial charge in [0.05, 0.1) is 5.69 Å². The van der Waals surface area contributed by atoms with Gasteiger partial charge in [0.25, 0.3) is 0 Å². The van der Waals surface area contributed by atoms with E-state index < -0.39 is 5.97 Å². The van der Waals surface area contributed by atoms with Gasteiger partial charge < -0.3 is 5.11 Å². The van der Waals surface area contributed by atoms with Crippen LogP contribution < -0.4 is 0 Å². The minimum absolute atomic E-state index is 0.414. The summed E-state index contributed by atoms with van der Waals surface area (Å²) in [7, 11) is 0. The first-order valence-electron chi connectivity index (χ1n) is 8.43. The summed E-state index contributed by atoms with van der Waals surface area (Å²) in [6.45, 7) is 2.04. The van der Waals surface area contributed by atoms with Crippen LogP contribution in [0.15, 0.2) is 24.3 Å². The lowest BCUT2D eigenvalue weighted by molar-refractivity contribution is 0.0700. The van der Waals surface area contributed by atoms with Gasteiger partial charge in [-0.15, -0.1) is 11.3 Å². The molecule has 1 heterocycles. The maximum Gasteiger partial charge on any atom is 0.347 e. The van der Waals surface area contributed by atoms with Crippen LogP contribution in [-0.2, 0) is 6.42 Å². The van der Waals surface area contributed by atoms with Crippen molar-refractivity contribution in [2.75, 3.05) is 0 Å². The minimum Gasteiger partial charge on any atom is -0.477 e. The Balaban J connectivity index is 1.79. The molecule has 1 aliphatic carbocycles. The molecular weight excluding hydrogens is 306 g/mol. The molecule has 0 unspecified atom stereocenters. The Morgan fingerprint density at radius 1 is 1.30 bits per heavy atom. The number of hydrogen-bond acceptors (Lipinski definition) is 3. The lowest BCUT2D eigenvalue weighted by Crippen LogP contribution is -2.08. The van der Waals surface area contributed by atoms with E-state index >= 15 is 0 Å². The van der Waals surface area contributed by atoms with E-state index in [1.165, 1.54) is 49.0 Å². The van der Waals surface area contributed by atoms with Gasteiger partial charge in [-0.1, -0.05) is 55.9 Å². The summed E-state index contributed by atoms with van der Waals surface area (Å²) < 4.78 is 0. The minimum atomic E-state index is -0.847. The molecule has 4 heteroatoms. The quantitative estimate of drug-likeness (QED) is 0.806. The summed E-state index contributed by atoms with van der Waals surface area (Å²) in [5.74, 6) is -0.102. The fourth-order valence-corrected chi connectivity index (χ4v) is 4.35. The van der Waals surface area contributed by atoms with Crippen LogP contribution in [0.4, 0.5) is 0 Å². The molecule has 3 rings (SSSR count). The molecule has 0 spiro atoms. The number of rotatable bonds is 5. The largest absolute Gasteiger partial charge is 0.477 e. The summed E-state index contributed by atoms with van der Waals surface area (Å²) in [4.78, 5) is 16.6. The molecule has 1 N–H and O–H groups in total. The van der Waals surface area contributed by atoms with Gasteiger partial charge in [-0.3, -0.25) is 0 Å². The molecule has 2 aromatic rings. The van der Waals surface area contributed by atoms with Crippen LogP contribution in [0, 0.1) is 12.8 Å². The molecular formula is C19H23NO2S. The highest BCUT2D eigenvalue weighted by Gasteiger charge is 2.20. The van der Waals surface area contributed by atoms with Crippen LogP contribution in [-0.4, -0.2) is 16.1 Å². The highest BCUT2D eigenvalue weighted by atomic mass is 32.1. The van der Waals surface area contributed by atoms with Crippen LogP contribution in [0.25, 0.3) is 10.6 Å². The van der Waals surface area contributed by atoms with Gasteiger partial charge in [-0.05, 0) is 31.7 Å². The Hall–Kier alpha value is -1.68. The molecule has 0 saturated heterocycles. The van der Waals surface area contributed by atoms with Crippen molar-refractivity contribution in [3.05, 3.63) is 40.4 Å². The lowest BCUT2D eigenvalue weighted by Gasteiger charge is -2.20. The van der Waals surface area contributed by atoms with Crippen molar-refractivity contribution in [2.45, 2.75) is 51.9 Å². The number of nitrogens with zero attached hydrogens (tertiary/aromatic N) is 1. The number of benzene rings is 1. The Labute approximate surface area is 141 Å². The second kappa shape index (κ2) is 7.26. The van der Waals surface area contributed by atoms with Crippen LogP contribution in [0.3, 0.4) is 0 Å². The number of carboxylic acids is 1. The van der Waals surface area contributed by atoms with E-state index in [0.29, 0.717) is 4.88 Å². The molecule has 1 aromatic heterocycles. The number of carboxylic acid groups (broad SMARTS) is 1. The van der Waals surface area contributed by atoms with Gasteiger partial charge in [0.2, 0.25) is 0 Å². The molecule has 0 amide bonds. The van der Waals surface area contributed by atoms with E-state index in [2.05, 4.69) is 11.1 Å². The van der Waals surface area contributed by atoms with Crippen LogP contribution in [0.5, 0.6) is 0 Å². The fraction of sp³-hybridized carbons (Fsp3) is 0.474. The van der Waals surface area contributed by atoms with Crippen molar-refractivity contribution in [3.8, 4) is 10.6 Å². The molecule has 3 nitrogen and oxygen atoms in total. The number of aromatic carboxylic acids is 1. The first kappa shape index (κ1) is 16.2. The molecule has 1 fully saturated rings. The fourth-order valence-electron chi connectivity index (χ4n) is 3.41. The van der Waals surface area contributed by atoms with E-state index in [0.717, 1.165) is 35.0 Å². The second-order valence-corrected chi connectivity index (χ2v) is 7.51. The van der Waals surface area contributed by atoms with Crippen molar-refractivity contribution in [1.82, 2.24) is 4.98 Å². The van der Waals surface area contributed by atoms with Crippen molar-refractivity contribution in [2.24, 2.45) is 5.92 Å². The molecule has 0 atom stereocenters. The third-order valence-corrected chi connectivity index (χ3v) is 5.81. The average molecular weight is 329 g/mol. The Bertz CT molecular complexity index is 686. The number of carbonyl (C=O) groups is 1. The average Bonchev–Trinajstić information content (AvgIpc) is 2.98. The maximum absolute atomic E-state index is 11.6. The molecule has 0 bridgehead atoms. The van der Waals surface area contributed by atoms with E-state index in [1.807, 2.05) is 25.1 Å². The summed E-state index contributed by atoms with van der Waals surface area (Å²) in [6.07, 6.45) is 8.43. The zero-order chi connectivity index (χ0) is 16.2. The number of aryl methyl sites for hydroxylation is 2. The predicted octanol–water partition coefficient (Wildman–Crippen LogP) is 5.33. The van der Waals surface area contributed by atoms with Gasteiger partial charge in [-0.25, -0.2) is 9.78 Å². The molecule has 0 radical (unpaired) electrons. The standard InChI is InChI=1S/C19H23NO2S/c1-13-6-5-9-15(12-13)18-20-16(17(23-18)19(21)22)11-10-14-7-3-2-4-8-14/h5-6,9,12,14H,2-4,7-8,10-11H2,1H3,(H,21,22). The van der Waals surface area contributed by atoms with Crippen molar-refractivity contribution in [1.29, 1.82) is 0 Å².